The molecule has 0 unspecified atom stereocenters. The van der Waals surface area contributed by atoms with Crippen LogP contribution in [-0.4, -0.2) is 29.6 Å². The van der Waals surface area contributed by atoms with E-state index in [1.807, 2.05) is 13.8 Å². The zero-order valence-corrected chi connectivity index (χ0v) is 12.2. The Morgan fingerprint density at radius 2 is 2.10 bits per heavy atom. The number of aryl methyl sites for hydroxylation is 1. The molecule has 1 N–H and O–H groups in total. The number of pyridine rings is 1. The summed E-state index contributed by atoms with van der Waals surface area (Å²) in [7, 11) is 2.88. The molecule has 0 aliphatic heterocycles. The van der Waals surface area contributed by atoms with Gasteiger partial charge in [-0.1, -0.05) is 20.3 Å². The highest BCUT2D eigenvalue weighted by Gasteiger charge is 2.27. The lowest BCUT2D eigenvalue weighted by molar-refractivity contribution is -0.144. The minimum absolute atomic E-state index is 0.0575. The number of amides is 1. The number of aromatic nitrogens is 1. The lowest BCUT2D eigenvalue weighted by Gasteiger charge is -2.21. The first-order valence-corrected chi connectivity index (χ1v) is 6.46. The molecule has 0 aliphatic rings. The van der Waals surface area contributed by atoms with E-state index in [1.54, 1.807) is 7.05 Å². The van der Waals surface area contributed by atoms with Crippen LogP contribution in [0.4, 0.5) is 0 Å². The number of esters is 1. The standard InChI is InChI=1S/C14H20N2O4/c1-5-9(2)12(14(19)20-4)15-13(18)10-6-7-16(3)11(17)8-10/h6-9,12H,5H2,1-4H3,(H,15,18)/t9-,12+/m0/s1. The van der Waals surface area contributed by atoms with E-state index in [2.05, 4.69) is 5.32 Å². The molecule has 1 aromatic heterocycles. The highest BCUT2D eigenvalue weighted by molar-refractivity contribution is 5.96. The summed E-state index contributed by atoms with van der Waals surface area (Å²) in [5, 5.41) is 2.62. The van der Waals surface area contributed by atoms with Gasteiger partial charge in [0.2, 0.25) is 0 Å². The number of carbonyl (C=O) groups is 2. The monoisotopic (exact) mass is 280 g/mol. The van der Waals surface area contributed by atoms with Crippen molar-refractivity contribution in [3.05, 3.63) is 34.2 Å². The number of ether oxygens (including phenoxy) is 1. The van der Waals surface area contributed by atoms with Crippen LogP contribution in [0.5, 0.6) is 0 Å². The number of hydrogen-bond donors (Lipinski definition) is 1. The fraction of sp³-hybridized carbons (Fsp3) is 0.500. The Bertz CT molecular complexity index is 550. The van der Waals surface area contributed by atoms with Crippen molar-refractivity contribution in [1.82, 2.24) is 9.88 Å². The van der Waals surface area contributed by atoms with E-state index in [9.17, 15) is 14.4 Å². The van der Waals surface area contributed by atoms with Crippen LogP contribution in [0.15, 0.2) is 23.1 Å². The molecule has 20 heavy (non-hydrogen) atoms. The second-order valence-electron chi connectivity index (χ2n) is 4.72. The molecule has 0 fully saturated rings. The summed E-state index contributed by atoms with van der Waals surface area (Å²) < 4.78 is 6.06. The molecule has 1 heterocycles. The number of nitrogens with one attached hydrogen (secondary N) is 1. The summed E-state index contributed by atoms with van der Waals surface area (Å²) in [4.78, 5) is 35.3. The second kappa shape index (κ2) is 6.88. The van der Waals surface area contributed by atoms with Crippen LogP contribution < -0.4 is 10.9 Å². The highest BCUT2D eigenvalue weighted by atomic mass is 16.5. The van der Waals surface area contributed by atoms with Crippen molar-refractivity contribution in [1.29, 1.82) is 0 Å². The first-order chi connectivity index (χ1) is 9.40. The van der Waals surface area contributed by atoms with Crippen LogP contribution in [0.1, 0.15) is 30.6 Å². The Labute approximate surface area is 117 Å². The molecule has 0 spiro atoms. The molecule has 0 aromatic carbocycles. The molecule has 6 heteroatoms. The Morgan fingerprint density at radius 1 is 1.45 bits per heavy atom. The highest BCUT2D eigenvalue weighted by Crippen LogP contribution is 2.10. The van der Waals surface area contributed by atoms with Crippen molar-refractivity contribution in [2.24, 2.45) is 13.0 Å². The molecule has 1 rings (SSSR count). The minimum atomic E-state index is -0.721. The Balaban J connectivity index is 2.93. The SMILES string of the molecule is CC[C@H](C)[C@@H](NC(=O)c1ccn(C)c(=O)c1)C(=O)OC. The molecule has 2 atom stereocenters. The summed E-state index contributed by atoms with van der Waals surface area (Å²) in [5.74, 6) is -1.01. The van der Waals surface area contributed by atoms with Crippen molar-refractivity contribution in [2.45, 2.75) is 26.3 Å². The van der Waals surface area contributed by atoms with E-state index in [-0.39, 0.29) is 17.0 Å². The van der Waals surface area contributed by atoms with Gasteiger partial charge in [0.25, 0.3) is 11.5 Å². The van der Waals surface area contributed by atoms with E-state index in [0.717, 1.165) is 6.42 Å². The number of methoxy groups -OCH3 is 1. The van der Waals surface area contributed by atoms with Gasteiger partial charge in [-0.15, -0.1) is 0 Å². The molecular weight excluding hydrogens is 260 g/mol. The van der Waals surface area contributed by atoms with E-state index in [4.69, 9.17) is 4.74 Å². The lowest BCUT2D eigenvalue weighted by Crippen LogP contribution is -2.45. The summed E-state index contributed by atoms with van der Waals surface area (Å²) in [6.45, 7) is 3.77. The second-order valence-corrected chi connectivity index (χ2v) is 4.72. The Morgan fingerprint density at radius 3 is 2.60 bits per heavy atom. The average molecular weight is 280 g/mol. The van der Waals surface area contributed by atoms with Gasteiger partial charge in [0, 0.05) is 24.9 Å². The van der Waals surface area contributed by atoms with Gasteiger partial charge < -0.3 is 14.6 Å². The predicted octanol–water partition coefficient (Wildman–Crippen LogP) is 0.703. The largest absolute Gasteiger partial charge is 0.467 e. The van der Waals surface area contributed by atoms with Crippen LogP contribution in [-0.2, 0) is 16.6 Å². The third kappa shape index (κ3) is 3.69. The molecule has 0 bridgehead atoms. The van der Waals surface area contributed by atoms with Gasteiger partial charge in [-0.25, -0.2) is 4.79 Å². The molecule has 1 amide bonds. The summed E-state index contributed by atoms with van der Waals surface area (Å²) in [6.07, 6.45) is 2.23. The van der Waals surface area contributed by atoms with Crippen LogP contribution >= 0.6 is 0 Å². The fourth-order valence-electron chi connectivity index (χ4n) is 1.71. The first kappa shape index (κ1) is 15.9. The van der Waals surface area contributed by atoms with Crippen LogP contribution in [0.3, 0.4) is 0 Å². The Kier molecular flexibility index (Phi) is 5.49. The van der Waals surface area contributed by atoms with Crippen molar-refractivity contribution in [3.63, 3.8) is 0 Å². The van der Waals surface area contributed by atoms with E-state index >= 15 is 0 Å². The smallest absolute Gasteiger partial charge is 0.328 e. The predicted molar refractivity (Wildman–Crippen MR) is 74.4 cm³/mol. The van der Waals surface area contributed by atoms with Crippen molar-refractivity contribution >= 4 is 11.9 Å². The molecule has 110 valence electrons. The summed E-state index contributed by atoms with van der Waals surface area (Å²) in [6, 6.07) is 2.05. The third-order valence-corrected chi connectivity index (χ3v) is 3.32. The quantitative estimate of drug-likeness (QED) is 0.806. The topological polar surface area (TPSA) is 77.4 Å². The third-order valence-electron chi connectivity index (χ3n) is 3.32. The first-order valence-electron chi connectivity index (χ1n) is 6.46. The van der Waals surface area contributed by atoms with Gasteiger partial charge in [-0.3, -0.25) is 9.59 Å². The van der Waals surface area contributed by atoms with Crippen LogP contribution in [0.2, 0.25) is 0 Å². The molecule has 6 nitrogen and oxygen atoms in total. The lowest BCUT2D eigenvalue weighted by atomic mass is 9.99. The average Bonchev–Trinajstić information content (AvgIpc) is 2.45. The van der Waals surface area contributed by atoms with Gasteiger partial charge in [-0.2, -0.15) is 0 Å². The maximum absolute atomic E-state index is 12.1. The maximum Gasteiger partial charge on any atom is 0.328 e. The molecule has 0 aliphatic carbocycles. The molecule has 1 aromatic rings. The summed E-state index contributed by atoms with van der Waals surface area (Å²) >= 11 is 0. The van der Waals surface area contributed by atoms with Gasteiger partial charge in [-0.05, 0) is 12.0 Å². The minimum Gasteiger partial charge on any atom is -0.467 e. The van der Waals surface area contributed by atoms with E-state index in [1.165, 1.54) is 30.0 Å². The molecule has 0 radical (unpaired) electrons. The molecule has 0 saturated carbocycles. The molecular formula is C14H20N2O4. The number of hydrogen-bond acceptors (Lipinski definition) is 4. The Hall–Kier alpha value is -2.11. The number of nitrogens with zero attached hydrogens (tertiary/aromatic N) is 1. The van der Waals surface area contributed by atoms with Gasteiger partial charge >= 0.3 is 5.97 Å². The van der Waals surface area contributed by atoms with Crippen molar-refractivity contribution < 1.29 is 14.3 Å². The van der Waals surface area contributed by atoms with Crippen molar-refractivity contribution in [3.8, 4) is 0 Å². The number of rotatable bonds is 5. The zero-order chi connectivity index (χ0) is 15.3. The van der Waals surface area contributed by atoms with E-state index < -0.39 is 17.9 Å². The zero-order valence-electron chi connectivity index (χ0n) is 12.2. The van der Waals surface area contributed by atoms with Gasteiger partial charge in [0.15, 0.2) is 0 Å². The number of carbonyl (C=O) groups excluding carboxylic acids is 2. The van der Waals surface area contributed by atoms with Gasteiger partial charge in [0.05, 0.1) is 7.11 Å². The van der Waals surface area contributed by atoms with Crippen molar-refractivity contribution in [2.75, 3.05) is 7.11 Å². The van der Waals surface area contributed by atoms with E-state index in [0.29, 0.717) is 0 Å². The molecule has 0 saturated heterocycles. The fourth-order valence-corrected chi connectivity index (χ4v) is 1.71. The van der Waals surface area contributed by atoms with Crippen LogP contribution in [0.25, 0.3) is 0 Å². The normalized spacial score (nSPS) is 13.4. The summed E-state index contributed by atoms with van der Waals surface area (Å²) in [5.41, 5.74) is -0.0545. The van der Waals surface area contributed by atoms with Gasteiger partial charge in [0.1, 0.15) is 6.04 Å². The maximum atomic E-state index is 12.1. The van der Waals surface area contributed by atoms with Crippen LogP contribution in [0, 0.1) is 5.92 Å².